The van der Waals surface area contributed by atoms with E-state index in [-0.39, 0.29) is 5.56 Å². The number of anilines is 1. The summed E-state index contributed by atoms with van der Waals surface area (Å²) in [4.78, 5) is 17.0. The maximum Gasteiger partial charge on any atom is 0.338 e. The van der Waals surface area contributed by atoms with Crippen LogP contribution >= 0.6 is 0 Å². The zero-order chi connectivity index (χ0) is 14.5. The van der Waals surface area contributed by atoms with Crippen LogP contribution < -0.4 is 4.90 Å². The Morgan fingerprint density at radius 1 is 1.15 bits per heavy atom. The van der Waals surface area contributed by atoms with Gasteiger partial charge in [-0.25, -0.2) is 4.79 Å². The van der Waals surface area contributed by atoms with E-state index in [0.717, 1.165) is 5.69 Å². The van der Waals surface area contributed by atoms with Crippen LogP contribution in [-0.2, 0) is 0 Å². The van der Waals surface area contributed by atoms with Crippen molar-refractivity contribution in [3.8, 4) is 0 Å². The van der Waals surface area contributed by atoms with Gasteiger partial charge < -0.3 is 10.0 Å². The maximum absolute atomic E-state index is 11.3. The summed E-state index contributed by atoms with van der Waals surface area (Å²) in [5, 5.41) is 17.2. The van der Waals surface area contributed by atoms with Crippen LogP contribution in [-0.4, -0.2) is 30.2 Å². The fourth-order valence-electron chi connectivity index (χ4n) is 1.58. The van der Waals surface area contributed by atoms with Crippen LogP contribution in [0.4, 0.5) is 17.1 Å². The molecule has 2 rings (SSSR count). The number of aromatic carboxylic acids is 1. The van der Waals surface area contributed by atoms with Crippen molar-refractivity contribution in [3.63, 3.8) is 0 Å². The number of carboxylic acid groups (broad SMARTS) is 1. The van der Waals surface area contributed by atoms with Crippen molar-refractivity contribution < 1.29 is 9.90 Å². The van der Waals surface area contributed by atoms with Crippen LogP contribution in [0.5, 0.6) is 0 Å². The summed E-state index contributed by atoms with van der Waals surface area (Å²) in [6.07, 6.45) is 3.20. The smallest absolute Gasteiger partial charge is 0.338 e. The SMILES string of the molecule is CN(C)c1ccc(N=Nc2ccncc2)c(C(=O)O)c1. The summed E-state index contributed by atoms with van der Waals surface area (Å²) in [5.41, 5.74) is 1.85. The van der Waals surface area contributed by atoms with Gasteiger partial charge in [-0.05, 0) is 30.3 Å². The number of rotatable bonds is 4. The highest BCUT2D eigenvalue weighted by Crippen LogP contribution is 2.26. The predicted octanol–water partition coefficient (Wildman–Crippen LogP) is 3.26. The van der Waals surface area contributed by atoms with Crippen LogP contribution in [0.3, 0.4) is 0 Å². The minimum absolute atomic E-state index is 0.119. The first-order valence-electron chi connectivity index (χ1n) is 5.94. The van der Waals surface area contributed by atoms with Gasteiger partial charge in [-0.2, -0.15) is 5.11 Å². The molecule has 0 aliphatic rings. The van der Waals surface area contributed by atoms with E-state index in [1.165, 1.54) is 0 Å². The molecule has 6 nitrogen and oxygen atoms in total. The van der Waals surface area contributed by atoms with Gasteiger partial charge in [-0.1, -0.05) is 0 Å². The largest absolute Gasteiger partial charge is 0.478 e. The first-order chi connectivity index (χ1) is 9.58. The fraction of sp³-hybridized carbons (Fsp3) is 0.143. The number of carboxylic acids is 1. The average molecular weight is 270 g/mol. The monoisotopic (exact) mass is 270 g/mol. The van der Waals surface area contributed by atoms with E-state index in [9.17, 15) is 9.90 Å². The number of pyridine rings is 1. The molecule has 0 aliphatic carbocycles. The van der Waals surface area contributed by atoms with Crippen LogP contribution in [0.1, 0.15) is 10.4 Å². The Bertz CT molecular complexity index is 639. The third-order valence-corrected chi connectivity index (χ3v) is 2.66. The topological polar surface area (TPSA) is 78.2 Å². The zero-order valence-corrected chi connectivity index (χ0v) is 11.2. The van der Waals surface area contributed by atoms with Crippen molar-refractivity contribution in [2.45, 2.75) is 0 Å². The third kappa shape index (κ3) is 3.17. The van der Waals surface area contributed by atoms with Crippen molar-refractivity contribution in [1.82, 2.24) is 4.98 Å². The molecule has 0 atom stereocenters. The van der Waals surface area contributed by atoms with Crippen molar-refractivity contribution in [1.29, 1.82) is 0 Å². The van der Waals surface area contributed by atoms with E-state index in [1.54, 1.807) is 42.7 Å². The van der Waals surface area contributed by atoms with Gasteiger partial charge >= 0.3 is 5.97 Å². The van der Waals surface area contributed by atoms with E-state index in [0.29, 0.717) is 11.4 Å². The maximum atomic E-state index is 11.3. The van der Waals surface area contributed by atoms with Crippen LogP contribution in [0.2, 0.25) is 0 Å². The third-order valence-electron chi connectivity index (χ3n) is 2.66. The molecule has 102 valence electrons. The summed E-state index contributed by atoms with van der Waals surface area (Å²) in [5.74, 6) is -1.03. The van der Waals surface area contributed by atoms with Gasteiger partial charge in [0.25, 0.3) is 0 Å². The van der Waals surface area contributed by atoms with E-state index in [4.69, 9.17) is 0 Å². The second-order valence-electron chi connectivity index (χ2n) is 4.31. The van der Waals surface area contributed by atoms with E-state index in [1.807, 2.05) is 19.0 Å². The molecule has 0 radical (unpaired) electrons. The summed E-state index contributed by atoms with van der Waals surface area (Å²) < 4.78 is 0. The van der Waals surface area contributed by atoms with Crippen LogP contribution in [0.15, 0.2) is 53.0 Å². The standard InChI is InChI=1S/C14H14N4O2/c1-18(2)11-3-4-13(12(9-11)14(19)20)17-16-10-5-7-15-8-6-10/h3-9H,1-2H3,(H,19,20). The highest BCUT2D eigenvalue weighted by atomic mass is 16.4. The van der Waals surface area contributed by atoms with Gasteiger partial charge in [0.1, 0.15) is 5.69 Å². The molecule has 20 heavy (non-hydrogen) atoms. The molecule has 0 unspecified atom stereocenters. The van der Waals surface area contributed by atoms with Crippen LogP contribution in [0.25, 0.3) is 0 Å². The molecule has 1 heterocycles. The summed E-state index contributed by atoms with van der Waals surface area (Å²) in [6.45, 7) is 0. The molecule has 0 aliphatic heterocycles. The number of carbonyl (C=O) groups is 1. The molecular weight excluding hydrogens is 256 g/mol. The highest BCUT2D eigenvalue weighted by molar-refractivity contribution is 5.94. The normalized spacial score (nSPS) is 10.7. The Kier molecular flexibility index (Phi) is 4.05. The van der Waals surface area contributed by atoms with E-state index < -0.39 is 5.97 Å². The lowest BCUT2D eigenvalue weighted by Gasteiger charge is -2.13. The molecular formula is C14H14N4O2. The molecule has 0 saturated heterocycles. The summed E-state index contributed by atoms with van der Waals surface area (Å²) >= 11 is 0. The molecule has 0 fully saturated rings. The molecule has 0 saturated carbocycles. The number of nitrogens with zero attached hydrogens (tertiary/aromatic N) is 4. The Morgan fingerprint density at radius 2 is 1.85 bits per heavy atom. The van der Waals surface area contributed by atoms with Gasteiger partial charge in [0.15, 0.2) is 0 Å². The average Bonchev–Trinajstić information content (AvgIpc) is 2.45. The lowest BCUT2D eigenvalue weighted by Crippen LogP contribution is -2.09. The molecule has 0 spiro atoms. The molecule has 0 amide bonds. The Labute approximate surface area is 116 Å². The first-order valence-corrected chi connectivity index (χ1v) is 5.94. The van der Waals surface area contributed by atoms with Crippen LogP contribution in [0, 0.1) is 0 Å². The highest BCUT2D eigenvalue weighted by Gasteiger charge is 2.11. The molecule has 1 aromatic carbocycles. The molecule has 1 aromatic heterocycles. The second kappa shape index (κ2) is 5.92. The Morgan fingerprint density at radius 3 is 2.45 bits per heavy atom. The van der Waals surface area contributed by atoms with Gasteiger partial charge in [0.2, 0.25) is 0 Å². The van der Waals surface area contributed by atoms with Crippen molar-refractivity contribution in [2.75, 3.05) is 19.0 Å². The number of hydrogen-bond acceptors (Lipinski definition) is 5. The van der Waals surface area contributed by atoms with Crippen molar-refractivity contribution in [3.05, 3.63) is 48.3 Å². The second-order valence-corrected chi connectivity index (χ2v) is 4.31. The van der Waals surface area contributed by atoms with Gasteiger partial charge in [-0.15, -0.1) is 5.11 Å². The lowest BCUT2D eigenvalue weighted by molar-refractivity contribution is 0.0698. The first kappa shape index (κ1) is 13.7. The van der Waals surface area contributed by atoms with Gasteiger partial charge in [0, 0.05) is 32.2 Å². The van der Waals surface area contributed by atoms with Crippen molar-refractivity contribution >= 4 is 23.0 Å². The fourth-order valence-corrected chi connectivity index (χ4v) is 1.58. The number of hydrogen-bond donors (Lipinski definition) is 1. The minimum atomic E-state index is -1.03. The molecule has 2 aromatic rings. The number of benzene rings is 1. The molecule has 0 bridgehead atoms. The quantitative estimate of drug-likeness (QED) is 0.865. The summed E-state index contributed by atoms with van der Waals surface area (Å²) in [7, 11) is 3.69. The molecule has 1 N–H and O–H groups in total. The van der Waals surface area contributed by atoms with Gasteiger partial charge in [-0.3, -0.25) is 4.98 Å². The van der Waals surface area contributed by atoms with E-state index in [2.05, 4.69) is 15.2 Å². The number of azo groups is 1. The Hall–Kier alpha value is -2.76. The zero-order valence-electron chi connectivity index (χ0n) is 11.2. The predicted molar refractivity (Wildman–Crippen MR) is 76.1 cm³/mol. The van der Waals surface area contributed by atoms with Crippen molar-refractivity contribution in [2.24, 2.45) is 10.2 Å². The Balaban J connectivity index is 2.36. The van der Waals surface area contributed by atoms with E-state index >= 15 is 0 Å². The minimum Gasteiger partial charge on any atom is -0.478 e. The van der Waals surface area contributed by atoms with Gasteiger partial charge in [0.05, 0.1) is 11.3 Å². The summed E-state index contributed by atoms with van der Waals surface area (Å²) in [6, 6.07) is 8.40. The lowest BCUT2D eigenvalue weighted by atomic mass is 10.1. The molecule has 6 heteroatoms. The number of aromatic nitrogens is 1.